The molecule has 0 saturated heterocycles. The number of benzene rings is 2. The number of hydrogen-bond donors (Lipinski definition) is 0. The first kappa shape index (κ1) is 17.7. The minimum atomic E-state index is -0.138. The lowest BCUT2D eigenvalue weighted by molar-refractivity contribution is -0.121. The highest BCUT2D eigenvalue weighted by Gasteiger charge is 2.22. The third-order valence-corrected chi connectivity index (χ3v) is 4.23. The van der Waals surface area contributed by atoms with Gasteiger partial charge in [0.05, 0.1) is 0 Å². The molecule has 0 aliphatic heterocycles. The van der Waals surface area contributed by atoms with E-state index in [1.54, 1.807) is 9.80 Å². The van der Waals surface area contributed by atoms with Crippen LogP contribution in [-0.4, -0.2) is 24.9 Å². The van der Waals surface area contributed by atoms with Crippen molar-refractivity contribution in [2.75, 3.05) is 22.9 Å². The van der Waals surface area contributed by atoms with Gasteiger partial charge in [-0.05, 0) is 50.1 Å². The summed E-state index contributed by atoms with van der Waals surface area (Å²) in [7, 11) is 0. The van der Waals surface area contributed by atoms with E-state index in [9.17, 15) is 9.59 Å². The number of amides is 2. The molecule has 0 atom stereocenters. The first-order valence-corrected chi connectivity index (χ1v) is 8.15. The van der Waals surface area contributed by atoms with Gasteiger partial charge in [0.25, 0.3) is 0 Å². The summed E-state index contributed by atoms with van der Waals surface area (Å²) in [6, 6.07) is 15.3. The molecule has 0 aromatic heterocycles. The second-order valence-corrected chi connectivity index (χ2v) is 5.80. The van der Waals surface area contributed by atoms with Crippen LogP contribution in [0, 0.1) is 13.8 Å². The summed E-state index contributed by atoms with van der Waals surface area (Å²) in [6.45, 7) is 7.99. The lowest BCUT2D eigenvalue weighted by Crippen LogP contribution is -2.42. The van der Waals surface area contributed by atoms with Crippen molar-refractivity contribution in [1.82, 2.24) is 0 Å². The zero-order valence-electron chi connectivity index (χ0n) is 14.7. The van der Waals surface area contributed by atoms with E-state index in [4.69, 9.17) is 0 Å². The van der Waals surface area contributed by atoms with Gasteiger partial charge in [-0.2, -0.15) is 0 Å². The molecule has 2 aromatic carbocycles. The van der Waals surface area contributed by atoms with Gasteiger partial charge in [0, 0.05) is 24.8 Å². The molecule has 0 N–H and O–H groups in total. The lowest BCUT2D eigenvalue weighted by atomic mass is 10.1. The van der Waals surface area contributed by atoms with Crippen molar-refractivity contribution in [3.63, 3.8) is 0 Å². The van der Waals surface area contributed by atoms with E-state index in [1.165, 1.54) is 6.92 Å². The Bertz CT molecular complexity index is 726. The minimum Gasteiger partial charge on any atom is -0.311 e. The fourth-order valence-electron chi connectivity index (χ4n) is 2.73. The van der Waals surface area contributed by atoms with Crippen LogP contribution < -0.4 is 9.80 Å². The summed E-state index contributed by atoms with van der Waals surface area (Å²) in [5.74, 6) is -0.235. The maximum Gasteiger partial charge on any atom is 0.247 e. The van der Waals surface area contributed by atoms with Crippen LogP contribution in [0.1, 0.15) is 25.0 Å². The first-order valence-electron chi connectivity index (χ1n) is 8.15. The van der Waals surface area contributed by atoms with Gasteiger partial charge in [-0.1, -0.05) is 30.3 Å². The van der Waals surface area contributed by atoms with Crippen molar-refractivity contribution in [2.45, 2.75) is 27.7 Å². The minimum absolute atomic E-state index is 0.0301. The van der Waals surface area contributed by atoms with Gasteiger partial charge in [-0.3, -0.25) is 9.59 Å². The molecule has 0 radical (unpaired) electrons. The maximum absolute atomic E-state index is 12.8. The molecule has 0 bridgehead atoms. The lowest BCUT2D eigenvalue weighted by Gasteiger charge is -2.27. The van der Waals surface area contributed by atoms with Crippen molar-refractivity contribution in [1.29, 1.82) is 0 Å². The number of carbonyl (C=O) groups excluding carboxylic acids is 2. The SMILES string of the molecule is CCN(C(=O)CN(C(C)=O)c1cccc(C)c1C)c1ccccc1. The fourth-order valence-corrected chi connectivity index (χ4v) is 2.73. The van der Waals surface area contributed by atoms with E-state index in [0.717, 1.165) is 22.5 Å². The Morgan fingerprint density at radius 1 is 0.917 bits per heavy atom. The summed E-state index contributed by atoms with van der Waals surface area (Å²) < 4.78 is 0. The Morgan fingerprint density at radius 2 is 1.58 bits per heavy atom. The molecule has 2 aromatic rings. The number of nitrogens with zero attached hydrogens (tertiary/aromatic N) is 2. The average molecular weight is 324 g/mol. The predicted octanol–water partition coefficient (Wildman–Crippen LogP) is 3.71. The molecule has 0 aliphatic rings. The highest BCUT2D eigenvalue weighted by Crippen LogP contribution is 2.23. The zero-order valence-corrected chi connectivity index (χ0v) is 14.7. The molecule has 2 amide bonds. The van der Waals surface area contributed by atoms with Gasteiger partial charge < -0.3 is 9.80 Å². The van der Waals surface area contributed by atoms with Crippen LogP contribution >= 0.6 is 0 Å². The van der Waals surface area contributed by atoms with Crippen LogP contribution in [0.4, 0.5) is 11.4 Å². The van der Waals surface area contributed by atoms with Crippen molar-refractivity contribution in [3.05, 3.63) is 59.7 Å². The zero-order chi connectivity index (χ0) is 17.7. The molecule has 0 aliphatic carbocycles. The Balaban J connectivity index is 2.29. The molecule has 0 unspecified atom stereocenters. The topological polar surface area (TPSA) is 40.6 Å². The monoisotopic (exact) mass is 324 g/mol. The van der Waals surface area contributed by atoms with Crippen LogP contribution in [0.2, 0.25) is 0 Å². The van der Waals surface area contributed by atoms with Crippen LogP contribution in [0.15, 0.2) is 48.5 Å². The molecular weight excluding hydrogens is 300 g/mol. The number of para-hydroxylation sites is 1. The average Bonchev–Trinajstić information content (AvgIpc) is 2.57. The van der Waals surface area contributed by atoms with E-state index in [2.05, 4.69) is 0 Å². The molecule has 0 heterocycles. The maximum atomic E-state index is 12.8. The standard InChI is InChI=1S/C20H24N2O2/c1-5-21(18-11-7-6-8-12-18)20(24)14-22(17(4)23)19-13-9-10-15(2)16(19)3/h6-13H,5,14H2,1-4H3. The van der Waals surface area contributed by atoms with Gasteiger partial charge in [0.2, 0.25) is 11.8 Å². The van der Waals surface area contributed by atoms with Gasteiger partial charge in [0.15, 0.2) is 0 Å². The number of likely N-dealkylation sites (N-methyl/N-ethyl adjacent to an activating group) is 1. The van der Waals surface area contributed by atoms with Crippen molar-refractivity contribution < 1.29 is 9.59 Å². The third-order valence-electron chi connectivity index (χ3n) is 4.23. The Kier molecular flexibility index (Phi) is 5.74. The quantitative estimate of drug-likeness (QED) is 0.841. The normalized spacial score (nSPS) is 10.3. The number of aryl methyl sites for hydroxylation is 1. The smallest absolute Gasteiger partial charge is 0.247 e. The van der Waals surface area contributed by atoms with Crippen LogP contribution in [0.3, 0.4) is 0 Å². The highest BCUT2D eigenvalue weighted by molar-refractivity contribution is 6.03. The molecule has 0 fully saturated rings. The molecular formula is C20H24N2O2. The predicted molar refractivity (Wildman–Crippen MR) is 98.4 cm³/mol. The molecule has 2 rings (SSSR count). The molecule has 0 spiro atoms. The Hall–Kier alpha value is -2.62. The largest absolute Gasteiger partial charge is 0.311 e. The summed E-state index contributed by atoms with van der Waals surface area (Å²) in [5.41, 5.74) is 3.75. The van der Waals surface area contributed by atoms with Crippen LogP contribution in [0.25, 0.3) is 0 Å². The summed E-state index contributed by atoms with van der Waals surface area (Å²) in [6.07, 6.45) is 0. The van der Waals surface area contributed by atoms with Crippen molar-refractivity contribution in [2.24, 2.45) is 0 Å². The van der Waals surface area contributed by atoms with E-state index < -0.39 is 0 Å². The number of anilines is 2. The second-order valence-electron chi connectivity index (χ2n) is 5.80. The molecule has 4 nitrogen and oxygen atoms in total. The highest BCUT2D eigenvalue weighted by atomic mass is 16.2. The summed E-state index contributed by atoms with van der Waals surface area (Å²) in [4.78, 5) is 28.2. The number of carbonyl (C=O) groups is 2. The molecule has 24 heavy (non-hydrogen) atoms. The fraction of sp³-hybridized carbons (Fsp3) is 0.300. The van der Waals surface area contributed by atoms with Gasteiger partial charge in [-0.15, -0.1) is 0 Å². The summed E-state index contributed by atoms with van der Waals surface area (Å²) in [5, 5.41) is 0. The van der Waals surface area contributed by atoms with Crippen LogP contribution in [-0.2, 0) is 9.59 Å². The molecule has 4 heteroatoms. The Morgan fingerprint density at radius 3 is 2.17 bits per heavy atom. The summed E-state index contributed by atoms with van der Waals surface area (Å²) >= 11 is 0. The van der Waals surface area contributed by atoms with E-state index >= 15 is 0 Å². The van der Waals surface area contributed by atoms with Gasteiger partial charge in [0.1, 0.15) is 6.54 Å². The second kappa shape index (κ2) is 7.77. The number of hydrogen-bond acceptors (Lipinski definition) is 2. The number of rotatable bonds is 5. The van der Waals surface area contributed by atoms with Gasteiger partial charge >= 0.3 is 0 Å². The third kappa shape index (κ3) is 3.82. The Labute approximate surface area is 143 Å². The molecule has 0 saturated carbocycles. The van der Waals surface area contributed by atoms with Gasteiger partial charge in [-0.25, -0.2) is 0 Å². The van der Waals surface area contributed by atoms with Crippen LogP contribution in [0.5, 0.6) is 0 Å². The van der Waals surface area contributed by atoms with E-state index in [1.807, 2.05) is 69.3 Å². The first-order chi connectivity index (χ1) is 11.5. The van der Waals surface area contributed by atoms with Crippen molar-refractivity contribution in [3.8, 4) is 0 Å². The van der Waals surface area contributed by atoms with Crippen molar-refractivity contribution >= 4 is 23.2 Å². The van der Waals surface area contributed by atoms with E-state index in [0.29, 0.717) is 6.54 Å². The molecule has 126 valence electrons. The van der Waals surface area contributed by atoms with E-state index in [-0.39, 0.29) is 18.4 Å².